The molecule has 1 aliphatic heterocycles. The van der Waals surface area contributed by atoms with Crippen LogP contribution >= 0.6 is 11.8 Å². The molecule has 0 aliphatic carbocycles. The molecule has 0 spiro atoms. The molecule has 2 aromatic rings. The molecule has 1 N–H and O–H groups in total. The summed E-state index contributed by atoms with van der Waals surface area (Å²) in [6.45, 7) is 4.18. The van der Waals surface area contributed by atoms with E-state index in [-0.39, 0.29) is 17.2 Å². The second-order valence-electron chi connectivity index (χ2n) is 6.68. The minimum Gasteiger partial charge on any atom is -0.326 e. The Morgan fingerprint density at radius 1 is 1.15 bits per heavy atom. The van der Waals surface area contributed by atoms with Crippen molar-refractivity contribution in [3.05, 3.63) is 59.7 Å². The standard InChI is InChI=1S/C22H26N2O2S/c1-3-5-10-20(25)23-18-13-11-17(12-14-18)22-24(21(26)15-27-22)19-9-7-6-8-16(19)4-2/h6-9,11-14,22H,3-5,10,15H2,1-2H3,(H,23,25)/t22-/m1/s1. The van der Waals surface area contributed by atoms with Crippen LogP contribution in [-0.4, -0.2) is 17.6 Å². The molecular formula is C22H26N2O2S. The van der Waals surface area contributed by atoms with Gasteiger partial charge in [-0.2, -0.15) is 0 Å². The summed E-state index contributed by atoms with van der Waals surface area (Å²) in [5.41, 5.74) is 4.05. The van der Waals surface area contributed by atoms with E-state index in [4.69, 9.17) is 0 Å². The highest BCUT2D eigenvalue weighted by Gasteiger charge is 2.34. The summed E-state index contributed by atoms with van der Waals surface area (Å²) in [5, 5.41) is 2.91. The number of thioether (sulfide) groups is 1. The van der Waals surface area contributed by atoms with Crippen molar-refractivity contribution in [1.82, 2.24) is 0 Å². The largest absolute Gasteiger partial charge is 0.326 e. The van der Waals surface area contributed by atoms with Gasteiger partial charge in [0.05, 0.1) is 5.75 Å². The monoisotopic (exact) mass is 382 g/mol. The summed E-state index contributed by atoms with van der Waals surface area (Å²) in [7, 11) is 0. The Morgan fingerprint density at radius 2 is 1.89 bits per heavy atom. The first kappa shape index (κ1) is 19.5. The highest BCUT2D eigenvalue weighted by atomic mass is 32.2. The Bertz CT molecular complexity index is 804. The summed E-state index contributed by atoms with van der Waals surface area (Å²) >= 11 is 1.65. The van der Waals surface area contributed by atoms with E-state index in [0.29, 0.717) is 12.2 Å². The number of carbonyl (C=O) groups excluding carboxylic acids is 2. The van der Waals surface area contributed by atoms with Gasteiger partial charge in [0.15, 0.2) is 0 Å². The van der Waals surface area contributed by atoms with E-state index in [1.807, 2.05) is 47.4 Å². The van der Waals surface area contributed by atoms with E-state index in [1.165, 1.54) is 5.56 Å². The van der Waals surface area contributed by atoms with Crippen LogP contribution in [0.4, 0.5) is 11.4 Å². The smallest absolute Gasteiger partial charge is 0.238 e. The van der Waals surface area contributed by atoms with Gasteiger partial charge in [0.25, 0.3) is 0 Å². The maximum atomic E-state index is 12.6. The molecule has 1 fully saturated rings. The van der Waals surface area contributed by atoms with Crippen LogP contribution in [0.25, 0.3) is 0 Å². The lowest BCUT2D eigenvalue weighted by Crippen LogP contribution is -2.28. The van der Waals surface area contributed by atoms with E-state index < -0.39 is 0 Å². The van der Waals surface area contributed by atoms with Crippen LogP contribution in [0.5, 0.6) is 0 Å². The molecule has 0 radical (unpaired) electrons. The van der Waals surface area contributed by atoms with Gasteiger partial charge in [0, 0.05) is 17.8 Å². The molecule has 2 aromatic carbocycles. The third-order valence-corrected chi connectivity index (χ3v) is 5.95. The van der Waals surface area contributed by atoms with Crippen molar-refractivity contribution >= 4 is 35.0 Å². The number of nitrogens with one attached hydrogen (secondary N) is 1. The zero-order chi connectivity index (χ0) is 19.2. The third kappa shape index (κ3) is 4.53. The fourth-order valence-electron chi connectivity index (χ4n) is 3.27. The summed E-state index contributed by atoms with van der Waals surface area (Å²) in [6, 6.07) is 16.0. The summed E-state index contributed by atoms with van der Waals surface area (Å²) in [6.07, 6.45) is 3.35. The van der Waals surface area contributed by atoms with Crippen LogP contribution < -0.4 is 10.2 Å². The number of unbranched alkanes of at least 4 members (excludes halogenated alkanes) is 1. The predicted molar refractivity (Wildman–Crippen MR) is 113 cm³/mol. The van der Waals surface area contributed by atoms with Crippen molar-refractivity contribution in [2.75, 3.05) is 16.0 Å². The Labute approximate surface area is 165 Å². The number of nitrogens with zero attached hydrogens (tertiary/aromatic N) is 1. The van der Waals surface area contributed by atoms with Gasteiger partial charge in [-0.05, 0) is 42.2 Å². The van der Waals surface area contributed by atoms with Gasteiger partial charge >= 0.3 is 0 Å². The molecule has 3 rings (SSSR count). The molecule has 4 nitrogen and oxygen atoms in total. The van der Waals surface area contributed by atoms with Crippen molar-refractivity contribution in [2.45, 2.75) is 44.9 Å². The van der Waals surface area contributed by atoms with Gasteiger partial charge in [-0.15, -0.1) is 11.8 Å². The molecule has 2 amide bonds. The first-order valence-corrected chi connectivity index (χ1v) is 10.6. The van der Waals surface area contributed by atoms with Crippen LogP contribution in [0.2, 0.25) is 0 Å². The molecule has 5 heteroatoms. The van der Waals surface area contributed by atoms with Crippen LogP contribution in [0.1, 0.15) is 49.6 Å². The molecule has 27 heavy (non-hydrogen) atoms. The fraction of sp³-hybridized carbons (Fsp3) is 0.364. The predicted octanol–water partition coefficient (Wildman–Crippen LogP) is 5.16. The van der Waals surface area contributed by atoms with Crippen molar-refractivity contribution < 1.29 is 9.59 Å². The number of anilines is 2. The number of amides is 2. The van der Waals surface area contributed by atoms with Crippen molar-refractivity contribution in [2.24, 2.45) is 0 Å². The van der Waals surface area contributed by atoms with Gasteiger partial charge in [0.1, 0.15) is 5.37 Å². The number of carbonyl (C=O) groups is 2. The maximum Gasteiger partial charge on any atom is 0.238 e. The normalized spacial score (nSPS) is 16.6. The zero-order valence-corrected chi connectivity index (χ0v) is 16.7. The van der Waals surface area contributed by atoms with E-state index in [0.717, 1.165) is 36.2 Å². The van der Waals surface area contributed by atoms with Crippen LogP contribution in [0.15, 0.2) is 48.5 Å². The average Bonchev–Trinajstić information content (AvgIpc) is 3.08. The van der Waals surface area contributed by atoms with E-state index in [9.17, 15) is 9.59 Å². The van der Waals surface area contributed by atoms with Crippen molar-refractivity contribution in [3.63, 3.8) is 0 Å². The van der Waals surface area contributed by atoms with E-state index >= 15 is 0 Å². The third-order valence-electron chi connectivity index (χ3n) is 4.74. The van der Waals surface area contributed by atoms with Gasteiger partial charge < -0.3 is 5.32 Å². The molecule has 142 valence electrons. The van der Waals surface area contributed by atoms with Crippen molar-refractivity contribution in [1.29, 1.82) is 0 Å². The molecular weight excluding hydrogens is 356 g/mol. The first-order valence-electron chi connectivity index (χ1n) is 9.55. The van der Waals surface area contributed by atoms with Gasteiger partial charge in [0.2, 0.25) is 11.8 Å². The molecule has 1 atom stereocenters. The minimum atomic E-state index is -0.0324. The number of aryl methyl sites for hydroxylation is 1. The maximum absolute atomic E-state index is 12.6. The molecule has 1 aliphatic rings. The number of rotatable bonds is 7. The summed E-state index contributed by atoms with van der Waals surface area (Å²) in [4.78, 5) is 26.4. The molecule has 1 saturated heterocycles. The van der Waals surface area contributed by atoms with Gasteiger partial charge in [-0.1, -0.05) is 50.6 Å². The molecule has 0 aromatic heterocycles. The Morgan fingerprint density at radius 3 is 2.59 bits per heavy atom. The molecule has 0 unspecified atom stereocenters. The average molecular weight is 383 g/mol. The highest BCUT2D eigenvalue weighted by Crippen LogP contribution is 2.43. The summed E-state index contributed by atoms with van der Waals surface area (Å²) in [5.74, 6) is 0.675. The second-order valence-corrected chi connectivity index (χ2v) is 7.75. The lowest BCUT2D eigenvalue weighted by molar-refractivity contribution is -0.116. The molecule has 0 bridgehead atoms. The lowest BCUT2D eigenvalue weighted by Gasteiger charge is -2.26. The number of para-hydroxylation sites is 1. The topological polar surface area (TPSA) is 49.4 Å². The van der Waals surface area contributed by atoms with Gasteiger partial charge in [-0.3, -0.25) is 14.5 Å². The minimum absolute atomic E-state index is 0.0324. The number of hydrogen-bond donors (Lipinski definition) is 1. The van der Waals surface area contributed by atoms with Crippen LogP contribution in [0, 0.1) is 0 Å². The Balaban J connectivity index is 1.78. The van der Waals surface area contributed by atoms with Gasteiger partial charge in [-0.25, -0.2) is 0 Å². The molecule has 1 heterocycles. The Kier molecular flexibility index (Phi) is 6.56. The van der Waals surface area contributed by atoms with E-state index in [2.05, 4.69) is 25.2 Å². The zero-order valence-electron chi connectivity index (χ0n) is 15.9. The SMILES string of the molecule is CCCCC(=O)Nc1ccc([C@H]2SCC(=O)N2c2ccccc2CC)cc1. The van der Waals surface area contributed by atoms with E-state index in [1.54, 1.807) is 11.8 Å². The lowest BCUT2D eigenvalue weighted by atomic mass is 10.1. The fourth-order valence-corrected chi connectivity index (χ4v) is 4.44. The molecule has 0 saturated carbocycles. The number of benzene rings is 2. The Hall–Kier alpha value is -2.27. The highest BCUT2D eigenvalue weighted by molar-refractivity contribution is 8.00. The quantitative estimate of drug-likeness (QED) is 0.720. The second kappa shape index (κ2) is 9.09. The number of hydrogen-bond acceptors (Lipinski definition) is 3. The van der Waals surface area contributed by atoms with Crippen LogP contribution in [-0.2, 0) is 16.0 Å². The summed E-state index contributed by atoms with van der Waals surface area (Å²) < 4.78 is 0. The first-order chi connectivity index (χ1) is 13.1. The van der Waals surface area contributed by atoms with Crippen LogP contribution in [0.3, 0.4) is 0 Å². The van der Waals surface area contributed by atoms with Crippen molar-refractivity contribution in [3.8, 4) is 0 Å².